The van der Waals surface area contributed by atoms with Gasteiger partial charge < -0.3 is 14.4 Å². The van der Waals surface area contributed by atoms with Gasteiger partial charge in [-0.1, -0.05) is 0 Å². The zero-order valence-corrected chi connectivity index (χ0v) is 12.5. The third-order valence-electron chi connectivity index (χ3n) is 4.00. The summed E-state index contributed by atoms with van der Waals surface area (Å²) in [6.45, 7) is 6.45. The fraction of sp³-hybridized carbons (Fsp3) is 0.714. The molecule has 116 valence electrons. The summed E-state index contributed by atoms with van der Waals surface area (Å²) in [6, 6.07) is 1.76. The zero-order chi connectivity index (χ0) is 14.7. The number of ether oxygens (including phenoxy) is 2. The van der Waals surface area contributed by atoms with Crippen LogP contribution in [0.5, 0.6) is 5.88 Å². The van der Waals surface area contributed by atoms with Gasteiger partial charge in [0.25, 0.3) is 5.91 Å². The number of nitrogens with zero attached hydrogens (tertiary/aromatic N) is 4. The van der Waals surface area contributed by atoms with Crippen LogP contribution in [0.2, 0.25) is 0 Å². The molecule has 1 amide bonds. The molecule has 0 bridgehead atoms. The lowest BCUT2D eigenvalue weighted by Gasteiger charge is -2.34. The quantitative estimate of drug-likeness (QED) is 0.786. The summed E-state index contributed by atoms with van der Waals surface area (Å²) < 4.78 is 12.4. The van der Waals surface area contributed by atoms with Crippen LogP contribution in [0.3, 0.4) is 0 Å². The smallest absolute Gasteiger partial charge is 0.274 e. The zero-order valence-electron chi connectivity index (χ0n) is 12.5. The number of carbonyl (C=O) groups is 1. The second kappa shape index (κ2) is 6.44. The van der Waals surface area contributed by atoms with E-state index in [4.69, 9.17) is 9.47 Å². The first-order valence-corrected chi connectivity index (χ1v) is 7.49. The highest BCUT2D eigenvalue weighted by Crippen LogP contribution is 2.19. The maximum Gasteiger partial charge on any atom is 0.274 e. The van der Waals surface area contributed by atoms with Crippen LogP contribution in [0.1, 0.15) is 16.9 Å². The maximum atomic E-state index is 12.5. The molecule has 2 aliphatic rings. The lowest BCUT2D eigenvalue weighted by molar-refractivity contribution is 0.0588. The van der Waals surface area contributed by atoms with Crippen molar-refractivity contribution in [2.45, 2.75) is 13.0 Å². The Morgan fingerprint density at radius 2 is 2.14 bits per heavy atom. The molecule has 2 aliphatic heterocycles. The van der Waals surface area contributed by atoms with E-state index in [9.17, 15) is 4.79 Å². The van der Waals surface area contributed by atoms with Crippen LogP contribution in [-0.2, 0) is 11.3 Å². The Morgan fingerprint density at radius 1 is 1.33 bits per heavy atom. The Labute approximate surface area is 124 Å². The number of piperazine rings is 1. The second-order valence-corrected chi connectivity index (χ2v) is 5.42. The van der Waals surface area contributed by atoms with Crippen molar-refractivity contribution in [1.82, 2.24) is 19.6 Å². The maximum absolute atomic E-state index is 12.5. The largest absolute Gasteiger partial charge is 0.478 e. The number of fused-ring (bicyclic) bond motifs is 1. The highest BCUT2D eigenvalue weighted by molar-refractivity contribution is 5.92. The fourth-order valence-electron chi connectivity index (χ4n) is 2.73. The predicted molar refractivity (Wildman–Crippen MR) is 76.6 cm³/mol. The number of rotatable bonds is 4. The van der Waals surface area contributed by atoms with E-state index >= 15 is 0 Å². The summed E-state index contributed by atoms with van der Waals surface area (Å²) in [5.41, 5.74) is 0.497. The molecule has 1 saturated heterocycles. The SMILES string of the molecule is COCCN1CCN(C(=O)c2cc3n(n2)CCCO3)CC1. The number of amides is 1. The van der Waals surface area contributed by atoms with Crippen molar-refractivity contribution in [1.29, 1.82) is 0 Å². The minimum absolute atomic E-state index is 0.00638. The van der Waals surface area contributed by atoms with Gasteiger partial charge in [-0.3, -0.25) is 9.69 Å². The van der Waals surface area contributed by atoms with Gasteiger partial charge >= 0.3 is 0 Å². The van der Waals surface area contributed by atoms with E-state index in [2.05, 4.69) is 10.00 Å². The molecule has 0 spiro atoms. The lowest BCUT2D eigenvalue weighted by Crippen LogP contribution is -2.49. The van der Waals surface area contributed by atoms with Gasteiger partial charge in [-0.05, 0) is 0 Å². The number of hydrogen-bond acceptors (Lipinski definition) is 5. The monoisotopic (exact) mass is 294 g/mol. The minimum Gasteiger partial charge on any atom is -0.478 e. The summed E-state index contributed by atoms with van der Waals surface area (Å²) in [7, 11) is 1.71. The summed E-state index contributed by atoms with van der Waals surface area (Å²) >= 11 is 0. The summed E-state index contributed by atoms with van der Waals surface area (Å²) in [5.74, 6) is 0.718. The van der Waals surface area contributed by atoms with E-state index in [0.29, 0.717) is 18.2 Å². The number of hydrogen-bond donors (Lipinski definition) is 0. The van der Waals surface area contributed by atoms with Crippen LogP contribution in [0.4, 0.5) is 0 Å². The molecule has 3 rings (SSSR count). The average molecular weight is 294 g/mol. The third-order valence-corrected chi connectivity index (χ3v) is 4.00. The molecule has 0 radical (unpaired) electrons. The van der Waals surface area contributed by atoms with Crippen LogP contribution in [-0.4, -0.2) is 78.5 Å². The van der Waals surface area contributed by atoms with Gasteiger partial charge in [0.15, 0.2) is 5.69 Å². The molecule has 0 aromatic carbocycles. The Morgan fingerprint density at radius 3 is 2.86 bits per heavy atom. The number of carbonyl (C=O) groups excluding carboxylic acids is 1. The molecule has 21 heavy (non-hydrogen) atoms. The van der Waals surface area contributed by atoms with E-state index in [1.54, 1.807) is 17.9 Å². The number of aryl methyl sites for hydroxylation is 1. The average Bonchev–Trinajstić information content (AvgIpc) is 2.96. The first kappa shape index (κ1) is 14.3. The van der Waals surface area contributed by atoms with Crippen molar-refractivity contribution in [2.24, 2.45) is 0 Å². The van der Waals surface area contributed by atoms with Gasteiger partial charge in [0.1, 0.15) is 0 Å². The number of aromatic nitrogens is 2. The highest BCUT2D eigenvalue weighted by Gasteiger charge is 2.25. The third kappa shape index (κ3) is 3.19. The topological polar surface area (TPSA) is 59.8 Å². The standard InChI is InChI=1S/C14H22N4O3/c1-20-10-8-16-4-6-17(7-5-16)14(19)12-11-13-18(15-12)3-2-9-21-13/h11H,2-10H2,1H3. The van der Waals surface area contributed by atoms with Gasteiger partial charge in [-0.15, -0.1) is 0 Å². The van der Waals surface area contributed by atoms with Gasteiger partial charge in [0.05, 0.1) is 13.2 Å². The van der Waals surface area contributed by atoms with E-state index in [0.717, 1.165) is 52.3 Å². The molecule has 0 aliphatic carbocycles. The Kier molecular flexibility index (Phi) is 4.40. The molecule has 7 heteroatoms. The summed E-state index contributed by atoms with van der Waals surface area (Å²) in [4.78, 5) is 16.7. The van der Waals surface area contributed by atoms with E-state index in [-0.39, 0.29) is 5.91 Å². The molecule has 1 fully saturated rings. The lowest BCUT2D eigenvalue weighted by atomic mass is 10.2. The van der Waals surface area contributed by atoms with Crippen molar-refractivity contribution in [3.05, 3.63) is 11.8 Å². The van der Waals surface area contributed by atoms with E-state index in [1.807, 2.05) is 4.90 Å². The van der Waals surface area contributed by atoms with Crippen LogP contribution in [0, 0.1) is 0 Å². The van der Waals surface area contributed by atoms with Crippen LogP contribution < -0.4 is 4.74 Å². The highest BCUT2D eigenvalue weighted by atomic mass is 16.5. The second-order valence-electron chi connectivity index (χ2n) is 5.42. The Balaban J connectivity index is 1.57. The first-order valence-electron chi connectivity index (χ1n) is 7.49. The summed E-state index contributed by atoms with van der Waals surface area (Å²) in [5, 5.41) is 4.36. The van der Waals surface area contributed by atoms with Crippen LogP contribution in [0.25, 0.3) is 0 Å². The molecule has 0 N–H and O–H groups in total. The molecule has 7 nitrogen and oxygen atoms in total. The molecule has 0 atom stereocenters. The molecule has 0 saturated carbocycles. The normalized spacial score (nSPS) is 19.2. The van der Waals surface area contributed by atoms with Gasteiger partial charge in [0, 0.05) is 58.9 Å². The first-order chi connectivity index (χ1) is 10.3. The van der Waals surface area contributed by atoms with Crippen molar-refractivity contribution < 1.29 is 14.3 Å². The number of methoxy groups -OCH3 is 1. The van der Waals surface area contributed by atoms with Gasteiger partial charge in [0.2, 0.25) is 5.88 Å². The molecular formula is C14H22N4O3. The summed E-state index contributed by atoms with van der Waals surface area (Å²) in [6.07, 6.45) is 0.945. The van der Waals surface area contributed by atoms with Gasteiger partial charge in [-0.25, -0.2) is 4.68 Å². The molecule has 0 unspecified atom stereocenters. The molecule has 3 heterocycles. The Hall–Kier alpha value is -1.60. The van der Waals surface area contributed by atoms with Crippen LogP contribution in [0.15, 0.2) is 6.07 Å². The molecular weight excluding hydrogens is 272 g/mol. The molecule has 1 aromatic rings. The van der Waals surface area contributed by atoms with Crippen LogP contribution >= 0.6 is 0 Å². The minimum atomic E-state index is 0.00638. The van der Waals surface area contributed by atoms with E-state index in [1.165, 1.54) is 0 Å². The van der Waals surface area contributed by atoms with Crippen molar-refractivity contribution in [3.8, 4) is 5.88 Å². The van der Waals surface area contributed by atoms with E-state index < -0.39 is 0 Å². The van der Waals surface area contributed by atoms with Crippen molar-refractivity contribution >= 4 is 5.91 Å². The fourth-order valence-corrected chi connectivity index (χ4v) is 2.73. The molecule has 1 aromatic heterocycles. The Bertz CT molecular complexity index is 471. The van der Waals surface area contributed by atoms with Gasteiger partial charge in [-0.2, -0.15) is 5.10 Å². The van der Waals surface area contributed by atoms with Crippen molar-refractivity contribution in [3.63, 3.8) is 0 Å². The predicted octanol–water partition coefficient (Wildman–Crippen LogP) is 0.0698. The van der Waals surface area contributed by atoms with Crippen molar-refractivity contribution in [2.75, 3.05) is 53.0 Å².